The van der Waals surface area contributed by atoms with Gasteiger partial charge in [0.15, 0.2) is 0 Å². The van der Waals surface area contributed by atoms with E-state index in [1.165, 1.54) is 0 Å². The molecule has 1 aromatic rings. The molecule has 2 unspecified atom stereocenters. The minimum atomic E-state index is -0.393. The van der Waals surface area contributed by atoms with Gasteiger partial charge in [-0.1, -0.05) is 0 Å². The van der Waals surface area contributed by atoms with Crippen molar-refractivity contribution in [3.8, 4) is 0 Å². The van der Waals surface area contributed by atoms with Crippen LogP contribution in [0.4, 0.5) is 0 Å². The Hall–Kier alpha value is -0.870. The lowest BCUT2D eigenvalue weighted by Gasteiger charge is -2.24. The van der Waals surface area contributed by atoms with Crippen molar-refractivity contribution in [2.24, 2.45) is 0 Å². The fourth-order valence-electron chi connectivity index (χ4n) is 2.56. The second kappa shape index (κ2) is 3.61. The molecule has 15 heavy (non-hydrogen) atoms. The summed E-state index contributed by atoms with van der Waals surface area (Å²) in [6, 6.07) is 0. The van der Waals surface area contributed by atoms with Crippen molar-refractivity contribution in [2.45, 2.75) is 44.4 Å². The van der Waals surface area contributed by atoms with E-state index in [4.69, 9.17) is 4.74 Å². The summed E-state index contributed by atoms with van der Waals surface area (Å²) in [5.74, 6) is 0.926. The normalized spacial score (nSPS) is 30.5. The predicted molar refractivity (Wildman–Crippen MR) is 54.3 cm³/mol. The molecule has 0 aliphatic carbocycles. The number of fused-ring (bicyclic) bond motifs is 1. The molecule has 1 saturated heterocycles. The monoisotopic (exact) mass is 208 g/mol. The number of aromatic nitrogens is 2. The smallest absolute Gasteiger partial charge is 0.140 e. The van der Waals surface area contributed by atoms with Crippen molar-refractivity contribution in [1.82, 2.24) is 9.55 Å². The largest absolute Gasteiger partial charge is 0.373 e. The fourth-order valence-corrected chi connectivity index (χ4v) is 2.56. The summed E-state index contributed by atoms with van der Waals surface area (Å²) >= 11 is 0. The third-order valence-corrected chi connectivity index (χ3v) is 3.31. The second-order valence-electron chi connectivity index (χ2n) is 4.35. The highest BCUT2D eigenvalue weighted by molar-refractivity contribution is 5.11. The van der Waals surface area contributed by atoms with Crippen LogP contribution in [-0.2, 0) is 11.2 Å². The standard InChI is InChI=1S/C11H16N2O2/c14-10-5-1-3-8-7-12-11(13(8)10)9-4-2-6-15-9/h7,9-10,14H,1-6H2. The molecular formula is C11H16N2O2. The van der Waals surface area contributed by atoms with Crippen LogP contribution in [0.1, 0.15) is 49.5 Å². The Balaban J connectivity index is 1.97. The molecule has 2 atom stereocenters. The maximum Gasteiger partial charge on any atom is 0.140 e. The number of nitrogens with zero attached hydrogens (tertiary/aromatic N) is 2. The molecule has 82 valence electrons. The van der Waals surface area contributed by atoms with Crippen molar-refractivity contribution in [1.29, 1.82) is 0 Å². The molecule has 0 saturated carbocycles. The topological polar surface area (TPSA) is 47.3 Å². The molecule has 1 aromatic heterocycles. The second-order valence-corrected chi connectivity index (χ2v) is 4.35. The van der Waals surface area contributed by atoms with Crippen molar-refractivity contribution in [2.75, 3.05) is 6.61 Å². The summed E-state index contributed by atoms with van der Waals surface area (Å²) in [5, 5.41) is 9.96. The molecular weight excluding hydrogens is 192 g/mol. The Morgan fingerprint density at radius 2 is 2.33 bits per heavy atom. The van der Waals surface area contributed by atoms with Gasteiger partial charge in [0.1, 0.15) is 18.2 Å². The number of hydrogen-bond acceptors (Lipinski definition) is 3. The van der Waals surface area contributed by atoms with Gasteiger partial charge < -0.3 is 14.4 Å². The Morgan fingerprint density at radius 3 is 3.13 bits per heavy atom. The van der Waals surface area contributed by atoms with Crippen LogP contribution >= 0.6 is 0 Å². The van der Waals surface area contributed by atoms with Gasteiger partial charge in [0.25, 0.3) is 0 Å². The predicted octanol–water partition coefficient (Wildman–Crippen LogP) is 1.56. The van der Waals surface area contributed by atoms with E-state index in [1.807, 2.05) is 10.8 Å². The number of aliphatic hydroxyl groups excluding tert-OH is 1. The van der Waals surface area contributed by atoms with Gasteiger partial charge in [0, 0.05) is 18.5 Å². The van der Waals surface area contributed by atoms with E-state index in [-0.39, 0.29) is 6.10 Å². The number of aryl methyl sites for hydroxylation is 1. The van der Waals surface area contributed by atoms with Gasteiger partial charge in [-0.3, -0.25) is 0 Å². The molecule has 4 heteroatoms. The molecule has 4 nitrogen and oxygen atoms in total. The minimum Gasteiger partial charge on any atom is -0.373 e. The van der Waals surface area contributed by atoms with Crippen LogP contribution in [0.3, 0.4) is 0 Å². The average Bonchev–Trinajstić information content (AvgIpc) is 2.85. The van der Waals surface area contributed by atoms with Crippen molar-refractivity contribution >= 4 is 0 Å². The molecule has 0 spiro atoms. The van der Waals surface area contributed by atoms with Gasteiger partial charge in [-0.2, -0.15) is 0 Å². The highest BCUT2D eigenvalue weighted by Crippen LogP contribution is 2.33. The van der Waals surface area contributed by atoms with E-state index in [0.717, 1.165) is 50.2 Å². The van der Waals surface area contributed by atoms with E-state index < -0.39 is 6.23 Å². The number of imidazole rings is 1. The van der Waals surface area contributed by atoms with Crippen LogP contribution in [0.25, 0.3) is 0 Å². The zero-order valence-corrected chi connectivity index (χ0v) is 8.72. The third-order valence-electron chi connectivity index (χ3n) is 3.31. The van der Waals surface area contributed by atoms with Crippen LogP contribution in [0.5, 0.6) is 0 Å². The molecule has 1 N–H and O–H groups in total. The van der Waals surface area contributed by atoms with E-state index in [1.54, 1.807) is 0 Å². The van der Waals surface area contributed by atoms with Crippen LogP contribution in [-0.4, -0.2) is 21.3 Å². The summed E-state index contributed by atoms with van der Waals surface area (Å²) in [4.78, 5) is 4.41. The number of ether oxygens (including phenoxy) is 1. The molecule has 2 aliphatic heterocycles. The summed E-state index contributed by atoms with van der Waals surface area (Å²) in [7, 11) is 0. The maximum atomic E-state index is 9.96. The van der Waals surface area contributed by atoms with E-state index >= 15 is 0 Å². The van der Waals surface area contributed by atoms with Crippen LogP contribution in [0.2, 0.25) is 0 Å². The maximum absolute atomic E-state index is 9.96. The first-order valence-electron chi connectivity index (χ1n) is 5.72. The Kier molecular flexibility index (Phi) is 2.25. The first-order chi connectivity index (χ1) is 7.36. The number of hydrogen-bond donors (Lipinski definition) is 1. The molecule has 3 heterocycles. The Morgan fingerprint density at radius 1 is 1.40 bits per heavy atom. The molecule has 1 fully saturated rings. The zero-order chi connectivity index (χ0) is 10.3. The van der Waals surface area contributed by atoms with E-state index in [9.17, 15) is 5.11 Å². The van der Waals surface area contributed by atoms with Crippen molar-refractivity contribution in [3.63, 3.8) is 0 Å². The van der Waals surface area contributed by atoms with E-state index in [2.05, 4.69) is 4.98 Å². The van der Waals surface area contributed by atoms with Crippen LogP contribution < -0.4 is 0 Å². The number of aliphatic hydroxyl groups is 1. The molecule has 0 amide bonds. The highest BCUT2D eigenvalue weighted by atomic mass is 16.5. The molecule has 0 radical (unpaired) electrons. The number of rotatable bonds is 1. The lowest BCUT2D eigenvalue weighted by Crippen LogP contribution is -2.20. The van der Waals surface area contributed by atoms with Crippen LogP contribution in [0.15, 0.2) is 6.20 Å². The first kappa shape index (κ1) is 9.36. The summed E-state index contributed by atoms with van der Waals surface area (Å²) in [6.07, 6.45) is 6.64. The van der Waals surface area contributed by atoms with Gasteiger partial charge in [-0.05, 0) is 32.1 Å². The fraction of sp³-hybridized carbons (Fsp3) is 0.727. The minimum absolute atomic E-state index is 0.103. The van der Waals surface area contributed by atoms with Gasteiger partial charge in [-0.15, -0.1) is 0 Å². The molecule has 0 aromatic carbocycles. The van der Waals surface area contributed by atoms with Crippen molar-refractivity contribution < 1.29 is 9.84 Å². The zero-order valence-electron chi connectivity index (χ0n) is 8.72. The Labute approximate surface area is 88.9 Å². The Bertz CT molecular complexity index is 355. The summed E-state index contributed by atoms with van der Waals surface area (Å²) in [6.45, 7) is 0.822. The van der Waals surface area contributed by atoms with Crippen molar-refractivity contribution in [3.05, 3.63) is 17.7 Å². The molecule has 3 rings (SSSR count). The van der Waals surface area contributed by atoms with Gasteiger partial charge in [-0.25, -0.2) is 4.98 Å². The molecule has 0 bridgehead atoms. The molecule has 2 aliphatic rings. The lowest BCUT2D eigenvalue weighted by atomic mass is 10.1. The summed E-state index contributed by atoms with van der Waals surface area (Å²) < 4.78 is 7.59. The van der Waals surface area contributed by atoms with Gasteiger partial charge in [0.2, 0.25) is 0 Å². The lowest BCUT2D eigenvalue weighted by molar-refractivity contribution is 0.0529. The third kappa shape index (κ3) is 1.48. The van der Waals surface area contributed by atoms with Gasteiger partial charge >= 0.3 is 0 Å². The van der Waals surface area contributed by atoms with Gasteiger partial charge in [0.05, 0.1) is 0 Å². The quantitative estimate of drug-likeness (QED) is 0.762. The van der Waals surface area contributed by atoms with Crippen LogP contribution in [0, 0.1) is 0 Å². The SMILES string of the molecule is OC1CCCc2cnc(C3CCCO3)n21. The summed E-state index contributed by atoms with van der Waals surface area (Å²) in [5.41, 5.74) is 1.15. The van der Waals surface area contributed by atoms with E-state index in [0.29, 0.717) is 0 Å². The highest BCUT2D eigenvalue weighted by Gasteiger charge is 2.28. The first-order valence-corrected chi connectivity index (χ1v) is 5.72. The average molecular weight is 208 g/mol.